The molecule has 0 saturated heterocycles. The Balaban J connectivity index is 2.31. The zero-order valence-corrected chi connectivity index (χ0v) is 10.5. The first-order chi connectivity index (χ1) is 7.97. The topological polar surface area (TPSA) is 35.5 Å². The zero-order valence-electron chi connectivity index (χ0n) is 10.5. The van der Waals surface area contributed by atoms with Gasteiger partial charge in [0, 0.05) is 0 Å². The number of hydrogen-bond donors (Lipinski definition) is 0. The van der Waals surface area contributed by atoms with Crippen LogP contribution in [0.4, 0.5) is 0 Å². The van der Waals surface area contributed by atoms with Crippen LogP contribution in [0, 0.1) is 0 Å². The Morgan fingerprint density at radius 3 is 2.47 bits per heavy atom. The van der Waals surface area contributed by atoms with Crippen molar-refractivity contribution in [1.29, 1.82) is 0 Å². The van der Waals surface area contributed by atoms with Gasteiger partial charge in [-0.15, -0.1) is 0 Å². The highest BCUT2D eigenvalue weighted by atomic mass is 16.5. The number of hydrogen-bond acceptors (Lipinski definition) is 3. The third-order valence-corrected chi connectivity index (χ3v) is 1.85. The second-order valence-corrected chi connectivity index (χ2v) is 4.63. The van der Waals surface area contributed by atoms with Gasteiger partial charge < -0.3 is 9.47 Å². The summed E-state index contributed by atoms with van der Waals surface area (Å²) in [6.07, 6.45) is 2.65. The minimum absolute atomic E-state index is 0.277. The van der Waals surface area contributed by atoms with Gasteiger partial charge in [0.2, 0.25) is 0 Å². The van der Waals surface area contributed by atoms with Crippen LogP contribution in [0.25, 0.3) is 0 Å². The Hall–Kier alpha value is -1.77. The van der Waals surface area contributed by atoms with Crippen LogP contribution in [0.2, 0.25) is 0 Å². The first kappa shape index (κ1) is 13.3. The van der Waals surface area contributed by atoms with Crippen LogP contribution >= 0.6 is 0 Å². The summed E-state index contributed by atoms with van der Waals surface area (Å²) in [5.41, 5.74) is 0.668. The molecule has 0 N–H and O–H groups in total. The lowest BCUT2D eigenvalue weighted by molar-refractivity contribution is -0.139. The first-order valence-electron chi connectivity index (χ1n) is 5.52. The molecule has 17 heavy (non-hydrogen) atoms. The predicted molar refractivity (Wildman–Crippen MR) is 66.2 cm³/mol. The maximum atomic E-state index is 11.3. The molecule has 0 aliphatic rings. The lowest BCUT2D eigenvalue weighted by Crippen LogP contribution is -2.15. The van der Waals surface area contributed by atoms with Crippen LogP contribution in [0.5, 0.6) is 0 Å². The SMILES string of the molecule is CC(C)(C)O/C=C/C(=O)OCc1ccccc1. The number of carbonyl (C=O) groups excluding carboxylic acids is 1. The maximum Gasteiger partial charge on any atom is 0.334 e. The Labute approximate surface area is 102 Å². The van der Waals surface area contributed by atoms with E-state index in [0.29, 0.717) is 0 Å². The molecule has 1 aromatic rings. The van der Waals surface area contributed by atoms with E-state index < -0.39 is 5.97 Å². The normalized spacial score (nSPS) is 11.5. The van der Waals surface area contributed by atoms with Crippen molar-refractivity contribution in [2.75, 3.05) is 0 Å². The Bertz CT molecular complexity index is 374. The molecule has 0 heterocycles. The molecular weight excluding hydrogens is 216 g/mol. The van der Waals surface area contributed by atoms with Gasteiger partial charge in [-0.05, 0) is 26.3 Å². The monoisotopic (exact) mass is 234 g/mol. The van der Waals surface area contributed by atoms with Gasteiger partial charge in [0.25, 0.3) is 0 Å². The van der Waals surface area contributed by atoms with Crippen molar-refractivity contribution < 1.29 is 14.3 Å². The molecule has 0 unspecified atom stereocenters. The number of carbonyl (C=O) groups is 1. The smallest absolute Gasteiger partial charge is 0.334 e. The zero-order chi connectivity index (χ0) is 12.7. The molecule has 3 heteroatoms. The van der Waals surface area contributed by atoms with Crippen LogP contribution in [0.15, 0.2) is 42.7 Å². The van der Waals surface area contributed by atoms with E-state index >= 15 is 0 Å². The van der Waals surface area contributed by atoms with Crippen LogP contribution in [0.3, 0.4) is 0 Å². The van der Waals surface area contributed by atoms with E-state index in [1.165, 1.54) is 12.3 Å². The number of rotatable bonds is 4. The van der Waals surface area contributed by atoms with Crippen molar-refractivity contribution in [3.05, 3.63) is 48.2 Å². The lowest BCUT2D eigenvalue weighted by Gasteiger charge is -2.17. The molecule has 0 aromatic heterocycles. The molecule has 0 atom stereocenters. The number of benzene rings is 1. The summed E-state index contributed by atoms with van der Waals surface area (Å²) in [5.74, 6) is -0.405. The van der Waals surface area contributed by atoms with Crippen molar-refractivity contribution in [3.8, 4) is 0 Å². The molecule has 0 aliphatic heterocycles. The Kier molecular flexibility index (Phi) is 4.76. The van der Waals surface area contributed by atoms with Gasteiger partial charge in [0.1, 0.15) is 6.61 Å². The molecule has 0 bridgehead atoms. The Morgan fingerprint density at radius 2 is 1.88 bits per heavy atom. The van der Waals surface area contributed by atoms with Crippen molar-refractivity contribution in [3.63, 3.8) is 0 Å². The molecule has 0 radical (unpaired) electrons. The van der Waals surface area contributed by atoms with Gasteiger partial charge in [0.15, 0.2) is 0 Å². The number of esters is 1. The molecule has 0 spiro atoms. The van der Waals surface area contributed by atoms with Gasteiger partial charge in [-0.2, -0.15) is 0 Å². The van der Waals surface area contributed by atoms with E-state index in [1.54, 1.807) is 0 Å². The highest BCUT2D eigenvalue weighted by Gasteiger charge is 2.07. The van der Waals surface area contributed by atoms with Crippen molar-refractivity contribution in [2.24, 2.45) is 0 Å². The summed E-state index contributed by atoms with van der Waals surface area (Å²) in [4.78, 5) is 11.3. The van der Waals surface area contributed by atoms with Gasteiger partial charge in [-0.25, -0.2) is 4.79 Å². The molecule has 0 saturated carbocycles. The lowest BCUT2D eigenvalue weighted by atomic mass is 10.2. The van der Waals surface area contributed by atoms with Crippen molar-refractivity contribution >= 4 is 5.97 Å². The van der Waals surface area contributed by atoms with Crippen molar-refractivity contribution in [1.82, 2.24) is 0 Å². The van der Waals surface area contributed by atoms with Gasteiger partial charge in [-0.1, -0.05) is 30.3 Å². The minimum atomic E-state index is -0.405. The number of ether oxygens (including phenoxy) is 2. The average Bonchev–Trinajstić information content (AvgIpc) is 2.26. The van der Waals surface area contributed by atoms with E-state index in [1.807, 2.05) is 51.1 Å². The van der Waals surface area contributed by atoms with E-state index in [9.17, 15) is 4.79 Å². The second kappa shape index (κ2) is 6.09. The molecule has 1 aromatic carbocycles. The van der Waals surface area contributed by atoms with E-state index in [0.717, 1.165) is 5.56 Å². The van der Waals surface area contributed by atoms with Crippen LogP contribution in [-0.4, -0.2) is 11.6 Å². The quantitative estimate of drug-likeness (QED) is 0.456. The molecule has 3 nitrogen and oxygen atoms in total. The predicted octanol–water partition coefficient (Wildman–Crippen LogP) is 3.06. The fourth-order valence-electron chi connectivity index (χ4n) is 1.07. The summed E-state index contributed by atoms with van der Waals surface area (Å²) in [7, 11) is 0. The third-order valence-electron chi connectivity index (χ3n) is 1.85. The third kappa shape index (κ3) is 6.40. The van der Waals surface area contributed by atoms with Crippen LogP contribution in [0.1, 0.15) is 26.3 Å². The second-order valence-electron chi connectivity index (χ2n) is 4.63. The summed E-state index contributed by atoms with van der Waals surface area (Å²) < 4.78 is 10.3. The Morgan fingerprint density at radius 1 is 1.24 bits per heavy atom. The molecule has 0 fully saturated rings. The summed E-state index contributed by atoms with van der Waals surface area (Å²) in [5, 5.41) is 0. The summed E-state index contributed by atoms with van der Waals surface area (Å²) in [6.45, 7) is 6.01. The molecule has 1 rings (SSSR count). The maximum absolute atomic E-state index is 11.3. The average molecular weight is 234 g/mol. The first-order valence-corrected chi connectivity index (χ1v) is 5.52. The largest absolute Gasteiger partial charge is 0.495 e. The van der Waals surface area contributed by atoms with Crippen LogP contribution < -0.4 is 0 Å². The highest BCUT2D eigenvalue weighted by molar-refractivity contribution is 5.81. The fourth-order valence-corrected chi connectivity index (χ4v) is 1.07. The van der Waals surface area contributed by atoms with E-state index in [2.05, 4.69) is 0 Å². The van der Waals surface area contributed by atoms with Gasteiger partial charge in [-0.3, -0.25) is 0 Å². The summed E-state index contributed by atoms with van der Waals surface area (Å²) in [6, 6.07) is 9.54. The van der Waals surface area contributed by atoms with E-state index in [-0.39, 0.29) is 12.2 Å². The standard InChI is InChI=1S/C14H18O3/c1-14(2,3)17-10-9-13(15)16-11-12-7-5-4-6-8-12/h4-10H,11H2,1-3H3/b10-9+. The molecular formula is C14H18O3. The fraction of sp³-hybridized carbons (Fsp3) is 0.357. The van der Waals surface area contributed by atoms with Crippen molar-refractivity contribution in [2.45, 2.75) is 33.0 Å². The highest BCUT2D eigenvalue weighted by Crippen LogP contribution is 2.07. The molecule has 92 valence electrons. The van der Waals surface area contributed by atoms with Crippen LogP contribution in [-0.2, 0) is 20.9 Å². The minimum Gasteiger partial charge on any atom is -0.495 e. The summed E-state index contributed by atoms with van der Waals surface area (Å²) >= 11 is 0. The van der Waals surface area contributed by atoms with Gasteiger partial charge in [0.05, 0.1) is 17.9 Å². The molecule has 0 aliphatic carbocycles. The molecule has 0 amide bonds. The van der Waals surface area contributed by atoms with Gasteiger partial charge >= 0.3 is 5.97 Å². The van der Waals surface area contributed by atoms with E-state index in [4.69, 9.17) is 9.47 Å².